The van der Waals surface area contributed by atoms with Crippen LogP contribution in [0.25, 0.3) is 11.4 Å². The van der Waals surface area contributed by atoms with E-state index in [1.807, 2.05) is 24.3 Å². The second-order valence-electron chi connectivity index (χ2n) is 5.13. The topological polar surface area (TPSA) is 103 Å². The minimum atomic E-state index is -0.387. The molecule has 0 saturated heterocycles. The van der Waals surface area contributed by atoms with E-state index in [0.717, 1.165) is 5.56 Å². The lowest BCUT2D eigenvalue weighted by Gasteiger charge is -2.10. The molecule has 0 aliphatic rings. The van der Waals surface area contributed by atoms with Crippen molar-refractivity contribution in [2.75, 3.05) is 7.11 Å². The van der Waals surface area contributed by atoms with Crippen molar-refractivity contribution in [3.05, 3.63) is 30.2 Å². The summed E-state index contributed by atoms with van der Waals surface area (Å²) in [6, 6.07) is 6.80. The third-order valence-electron chi connectivity index (χ3n) is 3.04. The molecule has 3 N–H and O–H groups in total. The molecule has 8 heteroatoms. The number of hydrogen-bond acceptors (Lipinski definition) is 6. The summed E-state index contributed by atoms with van der Waals surface area (Å²) in [5.74, 6) is 1.25. The molecule has 0 radical (unpaired) electrons. The van der Waals surface area contributed by atoms with Gasteiger partial charge < -0.3 is 20.3 Å². The van der Waals surface area contributed by atoms with E-state index in [4.69, 9.17) is 15.0 Å². The number of rotatable bonds is 6. The molecular formula is C15H21ClN4O3. The van der Waals surface area contributed by atoms with Crippen molar-refractivity contribution >= 4 is 18.3 Å². The molecule has 23 heavy (non-hydrogen) atoms. The summed E-state index contributed by atoms with van der Waals surface area (Å²) in [6.07, 6.45) is 0.248. The van der Waals surface area contributed by atoms with Gasteiger partial charge in [-0.25, -0.2) is 0 Å². The second-order valence-corrected chi connectivity index (χ2v) is 5.13. The zero-order chi connectivity index (χ0) is 16.1. The van der Waals surface area contributed by atoms with Gasteiger partial charge in [0.05, 0.1) is 12.7 Å². The van der Waals surface area contributed by atoms with Crippen molar-refractivity contribution in [3.8, 4) is 17.1 Å². The third kappa shape index (κ3) is 4.94. The summed E-state index contributed by atoms with van der Waals surface area (Å²) in [5.41, 5.74) is 6.32. The number of nitrogens with zero attached hydrogens (tertiary/aromatic N) is 2. The maximum absolute atomic E-state index is 11.7. The second kappa shape index (κ2) is 8.50. The Labute approximate surface area is 141 Å². The SMILES string of the molecule is COc1ccccc1-c1noc(C(C)NC(=O)CC(C)N)n1.Cl. The van der Waals surface area contributed by atoms with E-state index in [2.05, 4.69) is 15.5 Å². The van der Waals surface area contributed by atoms with Gasteiger partial charge in [-0.1, -0.05) is 17.3 Å². The number of nitrogens with two attached hydrogens (primary N) is 1. The first kappa shape index (κ1) is 18.9. The van der Waals surface area contributed by atoms with Gasteiger partial charge in [-0.3, -0.25) is 4.79 Å². The molecule has 0 spiro atoms. The molecule has 0 fully saturated rings. The summed E-state index contributed by atoms with van der Waals surface area (Å²) in [6.45, 7) is 3.55. The van der Waals surface area contributed by atoms with Gasteiger partial charge in [0.25, 0.3) is 0 Å². The van der Waals surface area contributed by atoms with Gasteiger partial charge in [0.15, 0.2) is 0 Å². The van der Waals surface area contributed by atoms with Crippen LogP contribution in [-0.2, 0) is 4.79 Å². The lowest BCUT2D eigenvalue weighted by Crippen LogP contribution is -2.31. The lowest BCUT2D eigenvalue weighted by atomic mass is 10.2. The first-order valence-corrected chi connectivity index (χ1v) is 7.03. The number of benzene rings is 1. The fourth-order valence-corrected chi connectivity index (χ4v) is 2.00. The van der Waals surface area contributed by atoms with E-state index >= 15 is 0 Å². The van der Waals surface area contributed by atoms with Gasteiger partial charge in [0.1, 0.15) is 11.8 Å². The molecule has 1 amide bonds. The van der Waals surface area contributed by atoms with Crippen molar-refractivity contribution in [1.29, 1.82) is 0 Å². The summed E-state index contributed by atoms with van der Waals surface area (Å²) >= 11 is 0. The standard InChI is InChI=1S/C15H20N4O3.ClH/c1-9(16)8-13(20)17-10(2)15-18-14(19-22-15)11-6-4-5-7-12(11)21-3;/h4-7,9-10H,8,16H2,1-3H3,(H,17,20);1H. The van der Waals surface area contributed by atoms with Gasteiger partial charge in [-0.15, -0.1) is 12.4 Å². The summed E-state index contributed by atoms with van der Waals surface area (Å²) in [5, 5.41) is 6.72. The predicted octanol–water partition coefficient (Wildman–Crippen LogP) is 2.08. The summed E-state index contributed by atoms with van der Waals surface area (Å²) in [7, 11) is 1.58. The van der Waals surface area contributed by atoms with Crippen LogP contribution in [0.5, 0.6) is 5.75 Å². The first-order valence-electron chi connectivity index (χ1n) is 7.03. The van der Waals surface area contributed by atoms with E-state index in [9.17, 15) is 4.79 Å². The number of hydrogen-bond donors (Lipinski definition) is 2. The minimum Gasteiger partial charge on any atom is -0.496 e. The fourth-order valence-electron chi connectivity index (χ4n) is 2.00. The average molecular weight is 341 g/mol. The molecule has 0 aliphatic carbocycles. The number of para-hydroxylation sites is 1. The molecule has 1 aromatic heterocycles. The third-order valence-corrected chi connectivity index (χ3v) is 3.04. The molecule has 0 bridgehead atoms. The highest BCUT2D eigenvalue weighted by Gasteiger charge is 2.19. The maximum Gasteiger partial charge on any atom is 0.249 e. The molecule has 2 atom stereocenters. The van der Waals surface area contributed by atoms with E-state index in [0.29, 0.717) is 17.5 Å². The van der Waals surface area contributed by atoms with Gasteiger partial charge >= 0.3 is 0 Å². The van der Waals surface area contributed by atoms with Crippen LogP contribution in [0, 0.1) is 0 Å². The predicted molar refractivity (Wildman–Crippen MR) is 88.4 cm³/mol. The van der Waals surface area contributed by atoms with E-state index < -0.39 is 0 Å². The van der Waals surface area contributed by atoms with Crippen LogP contribution < -0.4 is 15.8 Å². The van der Waals surface area contributed by atoms with Crippen LogP contribution in [0.2, 0.25) is 0 Å². The molecule has 0 aliphatic heterocycles. The number of amides is 1. The van der Waals surface area contributed by atoms with Crippen LogP contribution >= 0.6 is 12.4 Å². The quantitative estimate of drug-likeness (QED) is 0.834. The Morgan fingerprint density at radius 1 is 1.39 bits per heavy atom. The van der Waals surface area contributed by atoms with E-state index in [1.165, 1.54) is 0 Å². The van der Waals surface area contributed by atoms with Crippen LogP contribution in [-0.4, -0.2) is 29.2 Å². The molecule has 2 rings (SSSR count). The number of carbonyl (C=O) groups excluding carboxylic acids is 1. The van der Waals surface area contributed by atoms with Crippen LogP contribution in [0.1, 0.15) is 32.2 Å². The number of methoxy groups -OCH3 is 1. The lowest BCUT2D eigenvalue weighted by molar-refractivity contribution is -0.122. The van der Waals surface area contributed by atoms with Crippen molar-refractivity contribution < 1.29 is 14.1 Å². The van der Waals surface area contributed by atoms with E-state index in [1.54, 1.807) is 21.0 Å². The highest BCUT2D eigenvalue weighted by Crippen LogP contribution is 2.27. The van der Waals surface area contributed by atoms with Gasteiger partial charge in [0, 0.05) is 12.5 Å². The number of halogens is 1. The maximum atomic E-state index is 11.7. The molecule has 1 heterocycles. The Kier molecular flexibility index (Phi) is 6.99. The Balaban J connectivity index is 0.00000264. The van der Waals surface area contributed by atoms with E-state index in [-0.39, 0.29) is 36.8 Å². The van der Waals surface area contributed by atoms with Crippen molar-refractivity contribution in [3.63, 3.8) is 0 Å². The highest BCUT2D eigenvalue weighted by molar-refractivity contribution is 5.85. The number of nitrogens with one attached hydrogen (secondary N) is 1. The molecule has 2 aromatic rings. The summed E-state index contributed by atoms with van der Waals surface area (Å²) < 4.78 is 10.5. The van der Waals surface area contributed by atoms with Crippen molar-refractivity contribution in [2.24, 2.45) is 5.73 Å². The number of carbonyl (C=O) groups is 1. The molecular weight excluding hydrogens is 320 g/mol. The smallest absolute Gasteiger partial charge is 0.249 e. The minimum absolute atomic E-state index is 0. The van der Waals surface area contributed by atoms with Crippen LogP contribution in [0.4, 0.5) is 0 Å². The Bertz CT molecular complexity index is 645. The Morgan fingerprint density at radius 2 is 2.09 bits per heavy atom. The normalized spacial score (nSPS) is 12.9. The molecule has 0 saturated carbocycles. The van der Waals surface area contributed by atoms with Gasteiger partial charge in [0.2, 0.25) is 17.6 Å². The number of aromatic nitrogens is 2. The summed E-state index contributed by atoms with van der Waals surface area (Å²) in [4.78, 5) is 16.0. The van der Waals surface area contributed by atoms with Crippen molar-refractivity contribution in [1.82, 2.24) is 15.5 Å². The van der Waals surface area contributed by atoms with Gasteiger partial charge in [-0.05, 0) is 26.0 Å². The zero-order valence-electron chi connectivity index (χ0n) is 13.3. The monoisotopic (exact) mass is 340 g/mol. The van der Waals surface area contributed by atoms with Crippen LogP contribution in [0.15, 0.2) is 28.8 Å². The number of ether oxygens (including phenoxy) is 1. The average Bonchev–Trinajstić information content (AvgIpc) is 2.96. The Hall–Kier alpha value is -2.12. The first-order chi connectivity index (χ1) is 10.5. The molecule has 2 unspecified atom stereocenters. The van der Waals surface area contributed by atoms with Crippen LogP contribution in [0.3, 0.4) is 0 Å². The zero-order valence-corrected chi connectivity index (χ0v) is 14.1. The van der Waals surface area contributed by atoms with Gasteiger partial charge in [-0.2, -0.15) is 4.98 Å². The molecule has 7 nitrogen and oxygen atoms in total. The molecule has 1 aromatic carbocycles. The largest absolute Gasteiger partial charge is 0.496 e. The highest BCUT2D eigenvalue weighted by atomic mass is 35.5. The molecule has 126 valence electrons. The fraction of sp³-hybridized carbons (Fsp3) is 0.400. The van der Waals surface area contributed by atoms with Crippen molar-refractivity contribution in [2.45, 2.75) is 32.4 Å². The Morgan fingerprint density at radius 3 is 2.74 bits per heavy atom.